The second-order valence-electron chi connectivity index (χ2n) is 5.81. The van der Waals surface area contributed by atoms with Crippen molar-refractivity contribution in [1.29, 1.82) is 0 Å². The van der Waals surface area contributed by atoms with E-state index in [-0.39, 0.29) is 0 Å². The number of rotatable bonds is 9. The Bertz CT molecular complexity index is 390. The lowest BCUT2D eigenvalue weighted by Gasteiger charge is -2.25. The molecule has 3 nitrogen and oxygen atoms in total. The second-order valence-corrected chi connectivity index (χ2v) is 5.81. The molecule has 0 spiro atoms. The lowest BCUT2D eigenvalue weighted by molar-refractivity contribution is 0.0121. The minimum Gasteiger partial charge on any atom is -0.490 e. The predicted molar refractivity (Wildman–Crippen MR) is 84.4 cm³/mol. The first-order valence-corrected chi connectivity index (χ1v) is 7.65. The number of aliphatic hydroxyl groups is 1. The van der Waals surface area contributed by atoms with E-state index in [2.05, 4.69) is 32.2 Å². The van der Waals surface area contributed by atoms with Crippen LogP contribution >= 0.6 is 0 Å². The summed E-state index contributed by atoms with van der Waals surface area (Å²) < 4.78 is 5.87. The lowest BCUT2D eigenvalue weighted by atomic mass is 9.98. The molecule has 0 saturated carbocycles. The second kappa shape index (κ2) is 8.28. The molecule has 2 unspecified atom stereocenters. The Kier molecular flexibility index (Phi) is 7.03. The topological polar surface area (TPSA) is 41.5 Å². The monoisotopic (exact) mass is 279 g/mol. The molecule has 0 aliphatic carbocycles. The largest absolute Gasteiger partial charge is 0.490 e. The molecule has 0 aliphatic heterocycles. The molecule has 0 radical (unpaired) electrons. The number of benzene rings is 1. The zero-order chi connectivity index (χ0) is 15.0. The van der Waals surface area contributed by atoms with Crippen molar-refractivity contribution in [2.45, 2.75) is 52.1 Å². The highest BCUT2D eigenvalue weighted by molar-refractivity contribution is 5.35. The maximum atomic E-state index is 10.3. The Balaban J connectivity index is 2.60. The number of nitrogens with one attached hydrogen (secondary N) is 1. The minimum atomic E-state index is -0.849. The smallest absolute Gasteiger partial charge is 0.122 e. The SMILES string of the molecule is CCCNCC(C)(O)COc1ccccc1C(C)CC. The van der Waals surface area contributed by atoms with Crippen molar-refractivity contribution in [1.82, 2.24) is 5.32 Å². The van der Waals surface area contributed by atoms with Gasteiger partial charge in [-0.2, -0.15) is 0 Å². The summed E-state index contributed by atoms with van der Waals surface area (Å²) in [6, 6.07) is 8.10. The number of hydrogen-bond donors (Lipinski definition) is 2. The van der Waals surface area contributed by atoms with Gasteiger partial charge in [0.25, 0.3) is 0 Å². The van der Waals surface area contributed by atoms with Crippen LogP contribution in [-0.2, 0) is 0 Å². The fourth-order valence-electron chi connectivity index (χ4n) is 2.06. The maximum Gasteiger partial charge on any atom is 0.122 e. The Hall–Kier alpha value is -1.06. The fraction of sp³-hybridized carbons (Fsp3) is 0.647. The normalized spacial score (nSPS) is 15.7. The van der Waals surface area contributed by atoms with Gasteiger partial charge in [0.05, 0.1) is 0 Å². The van der Waals surface area contributed by atoms with Crippen molar-refractivity contribution >= 4 is 0 Å². The van der Waals surface area contributed by atoms with Gasteiger partial charge in [0.2, 0.25) is 0 Å². The summed E-state index contributed by atoms with van der Waals surface area (Å²) in [7, 11) is 0. The highest BCUT2D eigenvalue weighted by Crippen LogP contribution is 2.28. The van der Waals surface area contributed by atoms with Gasteiger partial charge in [0.15, 0.2) is 0 Å². The van der Waals surface area contributed by atoms with Crippen molar-refractivity contribution < 1.29 is 9.84 Å². The van der Waals surface area contributed by atoms with Crippen LogP contribution in [0.1, 0.15) is 52.0 Å². The van der Waals surface area contributed by atoms with E-state index in [4.69, 9.17) is 4.74 Å². The van der Waals surface area contributed by atoms with Gasteiger partial charge in [-0.05, 0) is 43.9 Å². The van der Waals surface area contributed by atoms with Gasteiger partial charge < -0.3 is 15.2 Å². The van der Waals surface area contributed by atoms with E-state index in [0.29, 0.717) is 19.1 Å². The van der Waals surface area contributed by atoms with Crippen LogP contribution < -0.4 is 10.1 Å². The summed E-state index contributed by atoms with van der Waals surface area (Å²) in [5.74, 6) is 1.35. The molecular weight excluding hydrogens is 250 g/mol. The Morgan fingerprint density at radius 1 is 1.30 bits per heavy atom. The molecule has 0 aromatic heterocycles. The molecule has 3 heteroatoms. The van der Waals surface area contributed by atoms with Gasteiger partial charge >= 0.3 is 0 Å². The average Bonchev–Trinajstić information content (AvgIpc) is 2.45. The minimum absolute atomic E-state index is 0.303. The first-order valence-electron chi connectivity index (χ1n) is 7.65. The number of ether oxygens (including phenoxy) is 1. The van der Waals surface area contributed by atoms with Crippen molar-refractivity contribution in [3.05, 3.63) is 29.8 Å². The molecule has 1 rings (SSSR count). The molecular formula is C17H29NO2. The predicted octanol–water partition coefficient (Wildman–Crippen LogP) is 3.33. The van der Waals surface area contributed by atoms with E-state index in [1.54, 1.807) is 0 Å². The molecule has 0 amide bonds. The van der Waals surface area contributed by atoms with Gasteiger partial charge in [-0.1, -0.05) is 39.0 Å². The van der Waals surface area contributed by atoms with Crippen LogP contribution in [0.4, 0.5) is 0 Å². The van der Waals surface area contributed by atoms with Crippen molar-refractivity contribution in [2.75, 3.05) is 19.7 Å². The third-order valence-electron chi connectivity index (χ3n) is 3.53. The van der Waals surface area contributed by atoms with Crippen LogP contribution in [0.15, 0.2) is 24.3 Å². The molecule has 0 fully saturated rings. The van der Waals surface area contributed by atoms with E-state index in [1.165, 1.54) is 5.56 Å². The lowest BCUT2D eigenvalue weighted by Crippen LogP contribution is -2.43. The summed E-state index contributed by atoms with van der Waals surface area (Å²) in [5.41, 5.74) is 0.366. The van der Waals surface area contributed by atoms with Crippen LogP contribution in [-0.4, -0.2) is 30.4 Å². The summed E-state index contributed by atoms with van der Waals surface area (Å²) >= 11 is 0. The summed E-state index contributed by atoms with van der Waals surface area (Å²) in [6.45, 7) is 10.1. The van der Waals surface area contributed by atoms with Gasteiger partial charge in [-0.25, -0.2) is 0 Å². The van der Waals surface area contributed by atoms with Gasteiger partial charge in [0, 0.05) is 6.54 Å². The Labute approximate surface area is 123 Å². The fourth-order valence-corrected chi connectivity index (χ4v) is 2.06. The zero-order valence-corrected chi connectivity index (χ0v) is 13.3. The summed E-state index contributed by atoms with van der Waals surface area (Å²) in [5, 5.41) is 13.5. The van der Waals surface area contributed by atoms with E-state index in [1.807, 2.05) is 25.1 Å². The molecule has 0 aliphatic rings. The highest BCUT2D eigenvalue weighted by Gasteiger charge is 2.21. The highest BCUT2D eigenvalue weighted by atomic mass is 16.5. The molecule has 1 aromatic carbocycles. The van der Waals surface area contributed by atoms with Crippen LogP contribution in [0.2, 0.25) is 0 Å². The first-order chi connectivity index (χ1) is 9.50. The third kappa shape index (κ3) is 5.51. The summed E-state index contributed by atoms with van der Waals surface area (Å²) in [4.78, 5) is 0. The maximum absolute atomic E-state index is 10.3. The van der Waals surface area contributed by atoms with E-state index in [9.17, 15) is 5.11 Å². The van der Waals surface area contributed by atoms with E-state index in [0.717, 1.165) is 25.1 Å². The van der Waals surface area contributed by atoms with Crippen molar-refractivity contribution in [3.8, 4) is 5.75 Å². The quantitative estimate of drug-likeness (QED) is 0.681. The van der Waals surface area contributed by atoms with Crippen molar-refractivity contribution in [2.24, 2.45) is 0 Å². The molecule has 0 saturated heterocycles. The Morgan fingerprint density at radius 3 is 2.65 bits per heavy atom. The molecule has 114 valence electrons. The number of para-hydroxylation sites is 1. The van der Waals surface area contributed by atoms with Crippen LogP contribution in [0.5, 0.6) is 5.75 Å². The third-order valence-corrected chi connectivity index (χ3v) is 3.53. The summed E-state index contributed by atoms with van der Waals surface area (Å²) in [6.07, 6.45) is 2.14. The zero-order valence-electron chi connectivity index (χ0n) is 13.3. The Morgan fingerprint density at radius 2 is 2.00 bits per heavy atom. The molecule has 0 bridgehead atoms. The molecule has 2 atom stereocenters. The van der Waals surface area contributed by atoms with Crippen LogP contribution in [0.25, 0.3) is 0 Å². The standard InChI is InChI=1S/C17H29NO2/c1-5-11-18-12-17(4,19)13-20-16-10-8-7-9-15(16)14(3)6-2/h7-10,14,18-19H,5-6,11-13H2,1-4H3. The number of hydrogen-bond acceptors (Lipinski definition) is 3. The van der Waals surface area contributed by atoms with Crippen molar-refractivity contribution in [3.63, 3.8) is 0 Å². The molecule has 1 aromatic rings. The van der Waals surface area contributed by atoms with Gasteiger partial charge in [-0.15, -0.1) is 0 Å². The average molecular weight is 279 g/mol. The van der Waals surface area contributed by atoms with Crippen LogP contribution in [0.3, 0.4) is 0 Å². The van der Waals surface area contributed by atoms with E-state index >= 15 is 0 Å². The van der Waals surface area contributed by atoms with Gasteiger partial charge in [0.1, 0.15) is 18.0 Å². The van der Waals surface area contributed by atoms with Crippen LogP contribution in [0, 0.1) is 0 Å². The molecule has 0 heterocycles. The van der Waals surface area contributed by atoms with E-state index < -0.39 is 5.60 Å². The van der Waals surface area contributed by atoms with Gasteiger partial charge in [-0.3, -0.25) is 0 Å². The molecule has 2 N–H and O–H groups in total. The first kappa shape index (κ1) is 17.0. The molecule has 20 heavy (non-hydrogen) atoms.